The fraction of sp³-hybridized carbons (Fsp3) is 0.273. The summed E-state index contributed by atoms with van der Waals surface area (Å²) in [6.07, 6.45) is 3.66. The molecule has 0 N–H and O–H groups in total. The lowest BCUT2D eigenvalue weighted by molar-refractivity contribution is 0.0464. The molecule has 0 aliphatic carbocycles. The Hall–Kier alpha value is -2.12. The molecular weight excluding hydrogens is 280 g/mol. The summed E-state index contributed by atoms with van der Waals surface area (Å²) in [5.74, 6) is 0. The second-order valence-corrected chi connectivity index (χ2v) is 6.14. The van der Waals surface area contributed by atoms with Crippen LogP contribution >= 0.6 is 0 Å². The van der Waals surface area contributed by atoms with Crippen LogP contribution in [0.25, 0.3) is 10.8 Å². The minimum absolute atomic E-state index is 0.296. The SMILES string of the molecule is C[C@@H](CCCc1cccc2ccccc12)OCc1ccccc1. The number of rotatable bonds is 7. The Morgan fingerprint density at radius 1 is 0.826 bits per heavy atom. The van der Waals surface area contributed by atoms with Crippen molar-refractivity contribution < 1.29 is 4.74 Å². The summed E-state index contributed by atoms with van der Waals surface area (Å²) in [5.41, 5.74) is 2.69. The third-order valence-electron chi connectivity index (χ3n) is 4.31. The van der Waals surface area contributed by atoms with Gasteiger partial charge in [0.1, 0.15) is 0 Å². The molecule has 0 saturated carbocycles. The van der Waals surface area contributed by atoms with E-state index in [1.165, 1.54) is 21.9 Å². The van der Waals surface area contributed by atoms with Crippen LogP contribution in [0.2, 0.25) is 0 Å². The molecule has 3 aromatic carbocycles. The van der Waals surface area contributed by atoms with Crippen LogP contribution in [0.3, 0.4) is 0 Å². The molecular formula is C22H24O. The molecule has 3 rings (SSSR count). The van der Waals surface area contributed by atoms with E-state index in [9.17, 15) is 0 Å². The molecule has 0 saturated heterocycles. The lowest BCUT2D eigenvalue weighted by Gasteiger charge is -2.13. The number of ether oxygens (including phenoxy) is 1. The predicted octanol–water partition coefficient (Wildman–Crippen LogP) is 5.77. The molecule has 0 heterocycles. The van der Waals surface area contributed by atoms with E-state index in [1.807, 2.05) is 6.07 Å². The highest BCUT2D eigenvalue weighted by Gasteiger charge is 2.05. The predicted molar refractivity (Wildman–Crippen MR) is 97.6 cm³/mol. The topological polar surface area (TPSA) is 9.23 Å². The molecule has 1 heteroatoms. The van der Waals surface area contributed by atoms with Gasteiger partial charge in [-0.2, -0.15) is 0 Å². The zero-order chi connectivity index (χ0) is 15.9. The van der Waals surface area contributed by atoms with Crippen molar-refractivity contribution in [1.29, 1.82) is 0 Å². The largest absolute Gasteiger partial charge is 0.374 e. The Morgan fingerprint density at radius 2 is 1.57 bits per heavy atom. The Balaban J connectivity index is 1.48. The van der Waals surface area contributed by atoms with Gasteiger partial charge < -0.3 is 4.74 Å². The summed E-state index contributed by atoms with van der Waals surface area (Å²) in [7, 11) is 0. The number of hydrogen-bond acceptors (Lipinski definition) is 1. The van der Waals surface area contributed by atoms with E-state index in [2.05, 4.69) is 73.7 Å². The van der Waals surface area contributed by atoms with Gasteiger partial charge in [0.2, 0.25) is 0 Å². The molecule has 0 aliphatic rings. The molecule has 0 bridgehead atoms. The van der Waals surface area contributed by atoms with Gasteiger partial charge in [-0.3, -0.25) is 0 Å². The fourth-order valence-electron chi connectivity index (χ4n) is 2.99. The Morgan fingerprint density at radius 3 is 2.43 bits per heavy atom. The highest BCUT2D eigenvalue weighted by Crippen LogP contribution is 2.20. The maximum atomic E-state index is 5.95. The standard InChI is InChI=1S/C22H24O/c1-18(23-17-19-10-3-2-4-11-19)9-7-13-21-15-8-14-20-12-5-6-16-22(20)21/h2-6,8,10-12,14-16,18H,7,9,13,17H2,1H3/t18-/m0/s1. The Labute approximate surface area is 138 Å². The molecule has 0 amide bonds. The average molecular weight is 304 g/mol. The van der Waals surface area contributed by atoms with Gasteiger partial charge in [0.25, 0.3) is 0 Å². The van der Waals surface area contributed by atoms with Crippen molar-refractivity contribution in [3.63, 3.8) is 0 Å². The third kappa shape index (κ3) is 4.43. The molecule has 0 spiro atoms. The lowest BCUT2D eigenvalue weighted by Crippen LogP contribution is -2.08. The van der Waals surface area contributed by atoms with Crippen LogP contribution in [-0.4, -0.2) is 6.10 Å². The Bertz CT molecular complexity index is 728. The molecule has 1 atom stereocenters. The highest BCUT2D eigenvalue weighted by atomic mass is 16.5. The van der Waals surface area contributed by atoms with Gasteiger partial charge in [-0.05, 0) is 48.1 Å². The van der Waals surface area contributed by atoms with Gasteiger partial charge in [0, 0.05) is 0 Å². The molecule has 0 radical (unpaired) electrons. The van der Waals surface area contributed by atoms with E-state index < -0.39 is 0 Å². The molecule has 0 unspecified atom stereocenters. The van der Waals surface area contributed by atoms with E-state index in [0.717, 1.165) is 19.3 Å². The summed E-state index contributed by atoms with van der Waals surface area (Å²) in [4.78, 5) is 0. The molecule has 0 aliphatic heterocycles. The highest BCUT2D eigenvalue weighted by molar-refractivity contribution is 5.85. The minimum Gasteiger partial charge on any atom is -0.374 e. The summed E-state index contributed by atoms with van der Waals surface area (Å²) in [6, 6.07) is 25.6. The molecule has 23 heavy (non-hydrogen) atoms. The summed E-state index contributed by atoms with van der Waals surface area (Å²) < 4.78 is 5.95. The van der Waals surface area contributed by atoms with E-state index in [0.29, 0.717) is 12.7 Å². The zero-order valence-electron chi connectivity index (χ0n) is 13.7. The van der Waals surface area contributed by atoms with E-state index in [1.54, 1.807) is 0 Å². The van der Waals surface area contributed by atoms with Gasteiger partial charge in [-0.25, -0.2) is 0 Å². The monoisotopic (exact) mass is 304 g/mol. The van der Waals surface area contributed by atoms with Gasteiger partial charge in [-0.15, -0.1) is 0 Å². The quantitative estimate of drug-likeness (QED) is 0.538. The normalized spacial score (nSPS) is 12.4. The number of aryl methyl sites for hydroxylation is 1. The smallest absolute Gasteiger partial charge is 0.0720 e. The van der Waals surface area contributed by atoms with Gasteiger partial charge in [-0.1, -0.05) is 72.8 Å². The number of benzene rings is 3. The van der Waals surface area contributed by atoms with E-state index in [-0.39, 0.29) is 0 Å². The molecule has 1 nitrogen and oxygen atoms in total. The maximum absolute atomic E-state index is 5.95. The van der Waals surface area contributed by atoms with Crippen molar-refractivity contribution in [3.05, 3.63) is 83.9 Å². The van der Waals surface area contributed by atoms with Crippen molar-refractivity contribution in [2.24, 2.45) is 0 Å². The average Bonchev–Trinajstić information content (AvgIpc) is 2.61. The minimum atomic E-state index is 0.296. The summed E-state index contributed by atoms with van der Waals surface area (Å²) in [5, 5.41) is 2.71. The zero-order valence-corrected chi connectivity index (χ0v) is 13.7. The van der Waals surface area contributed by atoms with Crippen LogP contribution in [-0.2, 0) is 17.8 Å². The number of fused-ring (bicyclic) bond motifs is 1. The lowest BCUT2D eigenvalue weighted by atomic mass is 9.99. The van der Waals surface area contributed by atoms with Crippen LogP contribution in [0.15, 0.2) is 72.8 Å². The second kappa shape index (κ2) is 7.94. The molecule has 3 aromatic rings. The van der Waals surface area contributed by atoms with Gasteiger partial charge >= 0.3 is 0 Å². The second-order valence-electron chi connectivity index (χ2n) is 6.14. The first-order chi connectivity index (χ1) is 11.3. The van der Waals surface area contributed by atoms with Crippen molar-refractivity contribution in [3.8, 4) is 0 Å². The van der Waals surface area contributed by atoms with Gasteiger partial charge in [0.15, 0.2) is 0 Å². The first-order valence-corrected chi connectivity index (χ1v) is 8.45. The summed E-state index contributed by atoms with van der Waals surface area (Å²) >= 11 is 0. The van der Waals surface area contributed by atoms with Crippen LogP contribution in [0.4, 0.5) is 0 Å². The van der Waals surface area contributed by atoms with Crippen LogP contribution in [0, 0.1) is 0 Å². The fourth-order valence-corrected chi connectivity index (χ4v) is 2.99. The van der Waals surface area contributed by atoms with Crippen molar-refractivity contribution in [1.82, 2.24) is 0 Å². The molecule has 0 fully saturated rings. The van der Waals surface area contributed by atoms with Crippen molar-refractivity contribution >= 4 is 10.8 Å². The first-order valence-electron chi connectivity index (χ1n) is 8.45. The molecule has 0 aromatic heterocycles. The van der Waals surface area contributed by atoms with E-state index >= 15 is 0 Å². The third-order valence-corrected chi connectivity index (χ3v) is 4.31. The Kier molecular flexibility index (Phi) is 5.44. The van der Waals surface area contributed by atoms with Crippen LogP contribution < -0.4 is 0 Å². The maximum Gasteiger partial charge on any atom is 0.0720 e. The number of hydrogen-bond donors (Lipinski definition) is 0. The van der Waals surface area contributed by atoms with Crippen molar-refractivity contribution in [2.75, 3.05) is 0 Å². The van der Waals surface area contributed by atoms with E-state index in [4.69, 9.17) is 4.74 Å². The molecule has 118 valence electrons. The van der Waals surface area contributed by atoms with Gasteiger partial charge in [0.05, 0.1) is 12.7 Å². The summed E-state index contributed by atoms with van der Waals surface area (Å²) in [6.45, 7) is 2.88. The first kappa shape index (κ1) is 15.8. The van der Waals surface area contributed by atoms with Crippen LogP contribution in [0.1, 0.15) is 30.9 Å². The van der Waals surface area contributed by atoms with Crippen molar-refractivity contribution in [2.45, 2.75) is 38.9 Å². The van der Waals surface area contributed by atoms with Crippen LogP contribution in [0.5, 0.6) is 0 Å².